The Balaban J connectivity index is 1.73. The summed E-state index contributed by atoms with van der Waals surface area (Å²) in [6.07, 6.45) is 48.8. The summed E-state index contributed by atoms with van der Waals surface area (Å²) in [5.74, 6) is -0.394. The minimum atomic E-state index is -1.72. The first-order chi connectivity index (χ1) is 37.6. The third-order valence-corrected chi connectivity index (χ3v) is 13.6. The predicted octanol–water partition coefficient (Wildman–Crippen LogP) is 11.0. The Bertz CT molecular complexity index is 1640. The van der Waals surface area contributed by atoms with Crippen molar-refractivity contribution in [1.29, 1.82) is 0 Å². The summed E-state index contributed by atoms with van der Waals surface area (Å²) in [7, 11) is 0. The van der Waals surface area contributed by atoms with Crippen molar-refractivity contribution in [2.75, 3.05) is 33.0 Å². The molecule has 11 unspecified atom stereocenters. The molecule has 0 bridgehead atoms. The van der Waals surface area contributed by atoms with E-state index in [9.17, 15) is 40.5 Å². The SMILES string of the molecule is CC/C=C\C/C=C\C/C=C\C/C=C\C/C=C\CCCCCCCCCC(=O)OC(COCCCCCCCCC/C=C\C/C=C\C/C=C\CCCCC)COC1OC(COC2OC(CO)C(O)C(O)C2O)C(O)C(O)C1O. The summed E-state index contributed by atoms with van der Waals surface area (Å²) in [5.41, 5.74) is 0. The van der Waals surface area contributed by atoms with Crippen LogP contribution in [0.3, 0.4) is 0 Å². The molecule has 11 atom stereocenters. The second-order valence-electron chi connectivity index (χ2n) is 20.4. The maximum atomic E-state index is 13.1. The third kappa shape index (κ3) is 35.3. The minimum absolute atomic E-state index is 0.0441. The van der Waals surface area contributed by atoms with Gasteiger partial charge in [0.1, 0.15) is 54.9 Å². The highest BCUT2D eigenvalue weighted by atomic mass is 16.7. The van der Waals surface area contributed by atoms with Crippen LogP contribution in [0.4, 0.5) is 0 Å². The number of aliphatic hydroxyl groups excluding tert-OH is 7. The van der Waals surface area contributed by atoms with Gasteiger partial charge in [0.2, 0.25) is 0 Å². The number of allylic oxidation sites excluding steroid dienone is 16. The van der Waals surface area contributed by atoms with Gasteiger partial charge in [-0.3, -0.25) is 4.79 Å². The van der Waals surface area contributed by atoms with Gasteiger partial charge in [-0.1, -0.05) is 188 Å². The van der Waals surface area contributed by atoms with E-state index in [4.69, 9.17) is 28.4 Å². The fraction of sp³-hybridized carbons (Fsp3) is 0.730. The van der Waals surface area contributed by atoms with Crippen LogP contribution >= 0.6 is 0 Å². The highest BCUT2D eigenvalue weighted by Crippen LogP contribution is 2.26. The first-order valence-corrected chi connectivity index (χ1v) is 29.8. The van der Waals surface area contributed by atoms with E-state index in [1.54, 1.807) is 0 Å². The first-order valence-electron chi connectivity index (χ1n) is 29.8. The molecule has 0 amide bonds. The molecule has 2 rings (SSSR count). The first kappa shape index (κ1) is 70.0. The van der Waals surface area contributed by atoms with Gasteiger partial charge in [0.25, 0.3) is 0 Å². The van der Waals surface area contributed by atoms with Crippen molar-refractivity contribution in [2.45, 2.75) is 261 Å². The number of carbonyl (C=O) groups excluding carboxylic acids is 1. The molecular weight excluding hydrogens is 981 g/mol. The molecule has 0 aromatic heterocycles. The number of unbranched alkanes of at least 4 members (excludes halogenated alkanes) is 17. The van der Waals surface area contributed by atoms with E-state index in [1.165, 1.54) is 51.4 Å². The van der Waals surface area contributed by atoms with Crippen LogP contribution in [-0.4, -0.2) is 142 Å². The number of hydrogen-bond acceptors (Lipinski definition) is 14. The molecule has 2 saturated heterocycles. The average molecular weight is 1090 g/mol. The van der Waals surface area contributed by atoms with Crippen molar-refractivity contribution in [1.82, 2.24) is 0 Å². The van der Waals surface area contributed by atoms with Gasteiger partial charge in [0.15, 0.2) is 12.6 Å². The van der Waals surface area contributed by atoms with E-state index in [0.29, 0.717) is 13.0 Å². The third-order valence-electron chi connectivity index (χ3n) is 13.6. The minimum Gasteiger partial charge on any atom is -0.457 e. The molecule has 0 spiro atoms. The molecule has 14 nitrogen and oxygen atoms in total. The molecular formula is C63H106O14. The molecule has 0 saturated carbocycles. The summed E-state index contributed by atoms with van der Waals surface area (Å²) in [6, 6.07) is 0. The second kappa shape index (κ2) is 48.8. The van der Waals surface area contributed by atoms with Crippen LogP contribution in [0.1, 0.15) is 194 Å². The molecule has 2 aliphatic heterocycles. The lowest BCUT2D eigenvalue weighted by Crippen LogP contribution is -2.61. The van der Waals surface area contributed by atoms with E-state index < -0.39 is 86.7 Å². The number of aliphatic hydroxyl groups is 7. The normalized spacial score (nSPS) is 25.0. The summed E-state index contributed by atoms with van der Waals surface area (Å²) in [5, 5.41) is 72.4. The Morgan fingerprint density at radius 3 is 1.32 bits per heavy atom. The second-order valence-corrected chi connectivity index (χ2v) is 20.4. The quantitative estimate of drug-likeness (QED) is 0.0172. The zero-order valence-corrected chi connectivity index (χ0v) is 47.4. The largest absolute Gasteiger partial charge is 0.457 e. The molecule has 14 heteroatoms. The molecule has 7 N–H and O–H groups in total. The van der Waals surface area contributed by atoms with E-state index in [1.807, 2.05) is 0 Å². The number of esters is 1. The van der Waals surface area contributed by atoms with Gasteiger partial charge in [-0.05, 0) is 96.3 Å². The molecule has 0 aromatic carbocycles. The van der Waals surface area contributed by atoms with Crippen LogP contribution in [0.2, 0.25) is 0 Å². The van der Waals surface area contributed by atoms with Crippen LogP contribution in [0, 0.1) is 0 Å². The number of hydrogen-bond donors (Lipinski definition) is 7. The lowest BCUT2D eigenvalue weighted by molar-refractivity contribution is -0.332. The topological polar surface area (TPSA) is 214 Å². The van der Waals surface area contributed by atoms with Gasteiger partial charge in [-0.15, -0.1) is 0 Å². The molecule has 0 radical (unpaired) electrons. The summed E-state index contributed by atoms with van der Waals surface area (Å²) >= 11 is 0. The molecule has 442 valence electrons. The Morgan fingerprint density at radius 2 is 0.844 bits per heavy atom. The number of ether oxygens (including phenoxy) is 6. The van der Waals surface area contributed by atoms with Crippen molar-refractivity contribution < 1.29 is 69.0 Å². The summed E-state index contributed by atoms with van der Waals surface area (Å²) < 4.78 is 34.4. The number of rotatable bonds is 47. The Hall–Kier alpha value is -3.09. The van der Waals surface area contributed by atoms with Crippen molar-refractivity contribution in [3.05, 3.63) is 97.2 Å². The van der Waals surface area contributed by atoms with E-state index >= 15 is 0 Å². The highest BCUT2D eigenvalue weighted by Gasteiger charge is 2.47. The van der Waals surface area contributed by atoms with Crippen molar-refractivity contribution in [3.8, 4) is 0 Å². The zero-order chi connectivity index (χ0) is 55.8. The molecule has 2 fully saturated rings. The van der Waals surface area contributed by atoms with Gasteiger partial charge < -0.3 is 64.2 Å². The van der Waals surface area contributed by atoms with Gasteiger partial charge in [0, 0.05) is 13.0 Å². The fourth-order valence-corrected chi connectivity index (χ4v) is 8.79. The molecule has 2 heterocycles. The monoisotopic (exact) mass is 1090 g/mol. The van der Waals surface area contributed by atoms with Crippen molar-refractivity contribution in [3.63, 3.8) is 0 Å². The van der Waals surface area contributed by atoms with Gasteiger partial charge in [-0.2, -0.15) is 0 Å². The lowest BCUT2D eigenvalue weighted by atomic mass is 9.98. The van der Waals surface area contributed by atoms with Crippen LogP contribution in [0.25, 0.3) is 0 Å². The van der Waals surface area contributed by atoms with E-state index in [2.05, 4.69) is 111 Å². The Labute approximate surface area is 464 Å². The zero-order valence-electron chi connectivity index (χ0n) is 47.4. The maximum Gasteiger partial charge on any atom is 0.306 e. The fourth-order valence-electron chi connectivity index (χ4n) is 8.79. The maximum absolute atomic E-state index is 13.1. The van der Waals surface area contributed by atoms with E-state index in [-0.39, 0.29) is 19.6 Å². The average Bonchev–Trinajstić information content (AvgIpc) is 3.43. The predicted molar refractivity (Wildman–Crippen MR) is 307 cm³/mol. The van der Waals surface area contributed by atoms with Gasteiger partial charge in [0.05, 0.1) is 26.4 Å². The molecule has 0 aromatic rings. The summed E-state index contributed by atoms with van der Waals surface area (Å²) in [6.45, 7) is 3.50. The van der Waals surface area contributed by atoms with Gasteiger partial charge >= 0.3 is 5.97 Å². The van der Waals surface area contributed by atoms with Crippen molar-refractivity contribution in [2.24, 2.45) is 0 Å². The van der Waals surface area contributed by atoms with Crippen molar-refractivity contribution >= 4 is 5.97 Å². The standard InChI is InChI=1S/C63H106O14/c1-3-5-7-9-11-13-15-17-19-21-23-25-26-27-28-30-32-34-36-38-40-42-44-46-55(65)75-52(49-72-47-45-43-41-39-37-35-33-31-29-24-22-20-18-16-14-12-10-8-6-4-2)50-73-62-61(71)59(69)57(67)54(77-62)51-74-63-60(70)58(68)56(66)53(48-64)76-63/h5,7,11-14,17-20,23-25,27-29,52-54,56-64,66-71H,3-4,6,8-10,15-16,21-22,26,30-51H2,1-2H3/b7-5-,13-11-,14-12-,19-17-,20-18-,25-23-,28-27-,29-24-. The highest BCUT2D eigenvalue weighted by molar-refractivity contribution is 5.69. The van der Waals surface area contributed by atoms with Gasteiger partial charge in [-0.25, -0.2) is 0 Å². The summed E-state index contributed by atoms with van der Waals surface area (Å²) in [4.78, 5) is 13.1. The van der Waals surface area contributed by atoms with Crippen LogP contribution in [0.15, 0.2) is 97.2 Å². The molecule has 2 aliphatic rings. The smallest absolute Gasteiger partial charge is 0.306 e. The van der Waals surface area contributed by atoms with Crippen LogP contribution in [-0.2, 0) is 33.2 Å². The van der Waals surface area contributed by atoms with E-state index in [0.717, 1.165) is 116 Å². The molecule has 0 aliphatic carbocycles. The molecule has 77 heavy (non-hydrogen) atoms. The van der Waals surface area contributed by atoms with Crippen LogP contribution < -0.4 is 0 Å². The van der Waals surface area contributed by atoms with Crippen LogP contribution in [0.5, 0.6) is 0 Å². The number of carbonyl (C=O) groups is 1. The lowest BCUT2D eigenvalue weighted by Gasteiger charge is -2.42. The Kier molecular flexibility index (Phi) is 44.4. The Morgan fingerprint density at radius 1 is 0.442 bits per heavy atom.